The van der Waals surface area contributed by atoms with Gasteiger partial charge in [0.05, 0.1) is 0 Å². The van der Waals surface area contributed by atoms with Crippen LogP contribution in [0.2, 0.25) is 0 Å². The molecule has 3 heterocycles. The molecule has 3 rings (SSSR count). The summed E-state index contributed by atoms with van der Waals surface area (Å²) in [5, 5.41) is 0. The third-order valence-electron chi connectivity index (χ3n) is 5.73. The fraction of sp³-hybridized carbons (Fsp3) is 1.00. The second-order valence-electron chi connectivity index (χ2n) is 6.60. The summed E-state index contributed by atoms with van der Waals surface area (Å²) in [4.78, 5) is 5.45. The minimum absolute atomic E-state index is 0.352. The lowest BCUT2D eigenvalue weighted by atomic mass is 9.76. The quantitative estimate of drug-likeness (QED) is 0.810. The molecule has 2 bridgehead atoms. The minimum Gasteiger partial charge on any atom is -0.329 e. The lowest BCUT2D eigenvalue weighted by molar-refractivity contribution is 0.00276. The molecule has 0 amide bonds. The van der Waals surface area contributed by atoms with Crippen molar-refractivity contribution >= 4 is 0 Å². The predicted octanol–water partition coefficient (Wildman–Crippen LogP) is 1.68. The van der Waals surface area contributed by atoms with Crippen LogP contribution in [0.1, 0.15) is 44.9 Å². The van der Waals surface area contributed by atoms with Crippen LogP contribution in [-0.4, -0.2) is 54.6 Å². The van der Waals surface area contributed by atoms with E-state index in [4.69, 9.17) is 5.73 Å². The molecule has 0 aromatic carbocycles. The van der Waals surface area contributed by atoms with Gasteiger partial charge in [0.15, 0.2) is 0 Å². The molecule has 3 atom stereocenters. The Balaban J connectivity index is 1.76. The number of nitrogens with zero attached hydrogens (tertiary/aromatic N) is 2. The van der Waals surface area contributed by atoms with E-state index < -0.39 is 0 Å². The molecule has 3 aliphatic rings. The molecule has 3 unspecified atom stereocenters. The van der Waals surface area contributed by atoms with Crippen LogP contribution in [0.5, 0.6) is 0 Å². The molecule has 0 saturated carbocycles. The van der Waals surface area contributed by atoms with E-state index in [2.05, 4.69) is 9.80 Å². The minimum atomic E-state index is 0.352. The van der Waals surface area contributed by atoms with Crippen molar-refractivity contribution in [2.45, 2.75) is 50.5 Å². The van der Waals surface area contributed by atoms with Gasteiger partial charge in [-0.1, -0.05) is 19.3 Å². The highest BCUT2D eigenvalue weighted by atomic mass is 15.3. The van der Waals surface area contributed by atoms with E-state index in [1.54, 1.807) is 0 Å². The molecule has 2 N–H and O–H groups in total. The first-order valence-electron chi connectivity index (χ1n) is 8.03. The van der Waals surface area contributed by atoms with Crippen LogP contribution in [0.15, 0.2) is 0 Å². The lowest BCUT2D eigenvalue weighted by Crippen LogP contribution is -2.62. The molecule has 3 fully saturated rings. The van der Waals surface area contributed by atoms with Crippen LogP contribution in [0.4, 0.5) is 0 Å². The van der Waals surface area contributed by atoms with Crippen molar-refractivity contribution in [3.05, 3.63) is 0 Å². The van der Waals surface area contributed by atoms with E-state index in [0.29, 0.717) is 5.54 Å². The van der Waals surface area contributed by atoms with E-state index in [9.17, 15) is 0 Å². The molecule has 0 aromatic rings. The zero-order chi connectivity index (χ0) is 12.4. The summed E-state index contributed by atoms with van der Waals surface area (Å²) >= 11 is 0. The van der Waals surface area contributed by atoms with Crippen molar-refractivity contribution in [2.24, 2.45) is 11.7 Å². The highest BCUT2D eigenvalue weighted by Crippen LogP contribution is 2.40. The molecule has 104 valence electrons. The van der Waals surface area contributed by atoms with Crippen molar-refractivity contribution < 1.29 is 0 Å². The van der Waals surface area contributed by atoms with Gasteiger partial charge in [0.25, 0.3) is 0 Å². The monoisotopic (exact) mass is 251 g/mol. The van der Waals surface area contributed by atoms with Crippen LogP contribution in [0.25, 0.3) is 0 Å². The van der Waals surface area contributed by atoms with Crippen LogP contribution >= 0.6 is 0 Å². The SMILES string of the molecule is NCC1(N2CCCCCCC2)CCN2CCC1C2. The molecule has 0 spiro atoms. The van der Waals surface area contributed by atoms with E-state index in [1.807, 2.05) is 0 Å². The van der Waals surface area contributed by atoms with Crippen molar-refractivity contribution in [1.29, 1.82) is 0 Å². The Morgan fingerprint density at radius 3 is 2.39 bits per heavy atom. The third-order valence-corrected chi connectivity index (χ3v) is 5.73. The second-order valence-corrected chi connectivity index (χ2v) is 6.60. The average molecular weight is 251 g/mol. The second kappa shape index (κ2) is 5.48. The van der Waals surface area contributed by atoms with Crippen LogP contribution in [0, 0.1) is 5.92 Å². The predicted molar refractivity (Wildman–Crippen MR) is 75.6 cm³/mol. The van der Waals surface area contributed by atoms with Gasteiger partial charge in [-0.3, -0.25) is 4.90 Å². The van der Waals surface area contributed by atoms with Gasteiger partial charge in [0, 0.05) is 18.6 Å². The zero-order valence-electron chi connectivity index (χ0n) is 11.7. The number of nitrogens with two attached hydrogens (primary N) is 1. The fourth-order valence-corrected chi connectivity index (χ4v) is 4.54. The Bertz CT molecular complexity index is 273. The average Bonchev–Trinajstić information content (AvgIpc) is 2.75. The van der Waals surface area contributed by atoms with Crippen LogP contribution < -0.4 is 5.73 Å². The Kier molecular flexibility index (Phi) is 3.92. The molecule has 18 heavy (non-hydrogen) atoms. The molecule has 0 radical (unpaired) electrons. The number of hydrogen-bond acceptors (Lipinski definition) is 3. The normalized spacial score (nSPS) is 42.5. The lowest BCUT2D eigenvalue weighted by Gasteiger charge is -2.50. The number of rotatable bonds is 2. The van der Waals surface area contributed by atoms with Gasteiger partial charge in [0.1, 0.15) is 0 Å². The number of piperidine rings is 1. The summed E-state index contributed by atoms with van der Waals surface area (Å²) in [5.41, 5.74) is 6.63. The summed E-state index contributed by atoms with van der Waals surface area (Å²) in [6, 6.07) is 0. The zero-order valence-corrected chi connectivity index (χ0v) is 11.7. The molecule has 3 heteroatoms. The standard InChI is InChI=1S/C15H29N3/c16-13-15(7-11-17-10-6-14(15)12-17)18-8-4-2-1-3-5-9-18/h14H,1-13,16H2. The van der Waals surface area contributed by atoms with Gasteiger partial charge in [-0.2, -0.15) is 0 Å². The van der Waals surface area contributed by atoms with E-state index >= 15 is 0 Å². The van der Waals surface area contributed by atoms with Gasteiger partial charge in [-0.25, -0.2) is 0 Å². The number of hydrogen-bond donors (Lipinski definition) is 1. The Morgan fingerprint density at radius 2 is 1.67 bits per heavy atom. The van der Waals surface area contributed by atoms with Crippen molar-refractivity contribution in [3.63, 3.8) is 0 Å². The highest BCUT2D eigenvalue weighted by molar-refractivity contribution is 5.05. The van der Waals surface area contributed by atoms with Gasteiger partial charge in [0.2, 0.25) is 0 Å². The maximum atomic E-state index is 6.28. The van der Waals surface area contributed by atoms with Crippen LogP contribution in [-0.2, 0) is 0 Å². The summed E-state index contributed by atoms with van der Waals surface area (Å²) in [6.07, 6.45) is 9.76. The molecular formula is C15H29N3. The molecule has 0 aromatic heterocycles. The van der Waals surface area contributed by atoms with E-state index in [0.717, 1.165) is 12.5 Å². The van der Waals surface area contributed by atoms with Crippen LogP contribution in [0.3, 0.4) is 0 Å². The van der Waals surface area contributed by atoms with Gasteiger partial charge in [-0.05, 0) is 57.8 Å². The maximum Gasteiger partial charge on any atom is 0.0384 e. The highest BCUT2D eigenvalue weighted by Gasteiger charge is 2.48. The first kappa shape index (κ1) is 12.9. The summed E-state index contributed by atoms with van der Waals surface area (Å²) in [7, 11) is 0. The Labute approximate surface area is 112 Å². The van der Waals surface area contributed by atoms with Gasteiger partial charge < -0.3 is 10.6 Å². The smallest absolute Gasteiger partial charge is 0.0384 e. The molecule has 3 saturated heterocycles. The number of likely N-dealkylation sites (tertiary alicyclic amines) is 1. The Morgan fingerprint density at radius 1 is 0.944 bits per heavy atom. The summed E-state index contributed by atoms with van der Waals surface area (Å²) in [6.45, 7) is 7.39. The first-order chi connectivity index (χ1) is 8.85. The molecule has 3 nitrogen and oxygen atoms in total. The molecule has 0 aliphatic carbocycles. The van der Waals surface area contributed by atoms with Gasteiger partial charge >= 0.3 is 0 Å². The summed E-state index contributed by atoms with van der Waals surface area (Å²) < 4.78 is 0. The van der Waals surface area contributed by atoms with E-state index in [-0.39, 0.29) is 0 Å². The first-order valence-corrected chi connectivity index (χ1v) is 8.03. The molecular weight excluding hydrogens is 222 g/mol. The topological polar surface area (TPSA) is 32.5 Å². The van der Waals surface area contributed by atoms with Crippen molar-refractivity contribution in [2.75, 3.05) is 39.3 Å². The van der Waals surface area contributed by atoms with E-state index in [1.165, 1.54) is 77.7 Å². The van der Waals surface area contributed by atoms with Gasteiger partial charge in [-0.15, -0.1) is 0 Å². The largest absolute Gasteiger partial charge is 0.329 e. The Hall–Kier alpha value is -0.120. The maximum absolute atomic E-state index is 6.28. The summed E-state index contributed by atoms with van der Waals surface area (Å²) in [5.74, 6) is 0.843. The number of fused-ring (bicyclic) bond motifs is 2. The third kappa shape index (κ3) is 2.21. The molecule has 3 aliphatic heterocycles. The van der Waals surface area contributed by atoms with Crippen molar-refractivity contribution in [3.8, 4) is 0 Å². The van der Waals surface area contributed by atoms with Crippen molar-refractivity contribution in [1.82, 2.24) is 9.80 Å². The fourth-order valence-electron chi connectivity index (χ4n) is 4.54.